The number of aliphatic hydroxyl groups excluding tert-OH is 3. The molecule has 0 saturated carbocycles. The number of carbonyl (C=O) groups excluding carboxylic acids is 3. The zero-order chi connectivity index (χ0) is 29.3. The molecule has 11 nitrogen and oxygen atoms in total. The lowest BCUT2D eigenvalue weighted by Gasteiger charge is -2.50. The summed E-state index contributed by atoms with van der Waals surface area (Å²) >= 11 is 0. The number of likely N-dealkylation sites (tertiary alicyclic amines) is 1. The van der Waals surface area contributed by atoms with Crippen LogP contribution in [-0.4, -0.2) is 98.2 Å². The third-order valence-corrected chi connectivity index (χ3v) is 9.09. The smallest absolute Gasteiger partial charge is 0.255 e. The number of carbonyl (C=O) groups is 3. The molecule has 1 aromatic carbocycles. The normalized spacial score (nSPS) is 29.5. The van der Waals surface area contributed by atoms with Gasteiger partial charge in [0.1, 0.15) is 28.7 Å². The number of aromatic hydroxyl groups is 1. The fraction of sp³-hybridized carbons (Fsp3) is 0.536. The van der Waals surface area contributed by atoms with Crippen molar-refractivity contribution < 1.29 is 44.3 Å². The Balaban J connectivity index is 1.57. The van der Waals surface area contributed by atoms with Gasteiger partial charge in [-0.3, -0.25) is 24.2 Å². The number of allylic oxidation sites excluding steroid dienone is 1. The molecular formula is C28H34FN3O8. The Bertz CT molecular complexity index is 1360. The van der Waals surface area contributed by atoms with Gasteiger partial charge < -0.3 is 31.3 Å². The van der Waals surface area contributed by atoms with Crippen molar-refractivity contribution in [2.45, 2.75) is 43.9 Å². The maximum absolute atomic E-state index is 15.9. The first-order chi connectivity index (χ1) is 18.8. The molecule has 4 aliphatic rings. The van der Waals surface area contributed by atoms with E-state index in [-0.39, 0.29) is 54.2 Å². The molecule has 5 rings (SSSR count). The summed E-state index contributed by atoms with van der Waals surface area (Å²) in [6.07, 6.45) is 1.31. The Morgan fingerprint density at radius 3 is 2.42 bits per heavy atom. The highest BCUT2D eigenvalue weighted by atomic mass is 19.1. The summed E-state index contributed by atoms with van der Waals surface area (Å²) in [5.41, 5.74) is 1.24. The molecule has 1 fully saturated rings. The number of hydrogen-bond donors (Lipinski definition) is 6. The number of aliphatic hydroxyl groups is 4. The predicted octanol–water partition coefficient (Wildman–Crippen LogP) is 0.464. The third kappa shape index (κ3) is 4.04. The zero-order valence-electron chi connectivity index (χ0n) is 22.4. The second kappa shape index (κ2) is 9.95. The number of primary amides is 1. The van der Waals surface area contributed by atoms with E-state index in [0.29, 0.717) is 13.1 Å². The highest BCUT2D eigenvalue weighted by Gasteiger charge is 2.63. The van der Waals surface area contributed by atoms with Crippen LogP contribution in [0.4, 0.5) is 4.39 Å². The SMILES string of the molecule is CN(C)[C@@H]1C(O)=C(C(N)=O)C(=O)[C@@]2(O)C(O)=C3C(=O)c4c(O)cc(CN5CCC(CO)CC5)c(F)c4C[C@H]3C[C@@H]12. The van der Waals surface area contributed by atoms with Gasteiger partial charge in [-0.25, -0.2) is 4.39 Å². The van der Waals surface area contributed by atoms with Crippen molar-refractivity contribution in [1.82, 2.24) is 9.80 Å². The Kier molecular flexibility index (Phi) is 7.02. The van der Waals surface area contributed by atoms with E-state index in [1.165, 1.54) is 11.0 Å². The quantitative estimate of drug-likeness (QED) is 0.277. The van der Waals surface area contributed by atoms with E-state index in [1.54, 1.807) is 14.1 Å². The number of rotatable bonds is 5. The Hall–Kier alpha value is -3.32. The summed E-state index contributed by atoms with van der Waals surface area (Å²) < 4.78 is 15.9. The lowest BCUT2D eigenvalue weighted by molar-refractivity contribution is -0.148. The van der Waals surface area contributed by atoms with Gasteiger partial charge in [0.25, 0.3) is 5.91 Å². The van der Waals surface area contributed by atoms with E-state index in [4.69, 9.17) is 5.73 Å². The second-order valence-electron chi connectivity index (χ2n) is 11.6. The number of nitrogens with two attached hydrogens (primary N) is 1. The molecule has 3 aliphatic carbocycles. The monoisotopic (exact) mass is 559 g/mol. The molecule has 40 heavy (non-hydrogen) atoms. The molecule has 4 atom stereocenters. The predicted molar refractivity (Wildman–Crippen MR) is 139 cm³/mol. The number of halogens is 1. The van der Waals surface area contributed by atoms with E-state index < -0.39 is 69.6 Å². The van der Waals surface area contributed by atoms with Crippen molar-refractivity contribution in [2.24, 2.45) is 23.5 Å². The maximum Gasteiger partial charge on any atom is 0.255 e. The minimum atomic E-state index is -2.74. The molecule has 0 bridgehead atoms. The lowest BCUT2D eigenvalue weighted by atomic mass is 9.58. The topological polar surface area (TPSA) is 185 Å². The van der Waals surface area contributed by atoms with Crippen molar-refractivity contribution in [3.63, 3.8) is 0 Å². The second-order valence-corrected chi connectivity index (χ2v) is 11.6. The van der Waals surface area contributed by atoms with E-state index in [9.17, 15) is 39.9 Å². The molecule has 0 spiro atoms. The van der Waals surface area contributed by atoms with Gasteiger partial charge >= 0.3 is 0 Å². The number of phenols is 1. The molecule has 216 valence electrons. The van der Waals surface area contributed by atoms with Crippen LogP contribution in [-0.2, 0) is 22.6 Å². The Morgan fingerprint density at radius 2 is 1.85 bits per heavy atom. The van der Waals surface area contributed by atoms with Crippen LogP contribution in [0.25, 0.3) is 0 Å². The van der Waals surface area contributed by atoms with Crippen LogP contribution in [0.3, 0.4) is 0 Å². The molecule has 1 heterocycles. The van der Waals surface area contributed by atoms with Crippen LogP contribution in [0, 0.1) is 23.6 Å². The van der Waals surface area contributed by atoms with Crippen molar-refractivity contribution in [3.8, 4) is 5.75 Å². The molecular weight excluding hydrogens is 525 g/mol. The minimum Gasteiger partial charge on any atom is -0.510 e. The summed E-state index contributed by atoms with van der Waals surface area (Å²) in [6.45, 7) is 1.60. The van der Waals surface area contributed by atoms with Crippen molar-refractivity contribution in [1.29, 1.82) is 0 Å². The van der Waals surface area contributed by atoms with Crippen LogP contribution in [0.15, 0.2) is 28.7 Å². The van der Waals surface area contributed by atoms with Gasteiger partial charge in [0, 0.05) is 35.8 Å². The Morgan fingerprint density at radius 1 is 1.20 bits per heavy atom. The highest BCUT2D eigenvalue weighted by Crippen LogP contribution is 2.52. The molecule has 0 radical (unpaired) electrons. The van der Waals surface area contributed by atoms with Gasteiger partial charge in [0.15, 0.2) is 11.4 Å². The molecule has 1 aliphatic heterocycles. The van der Waals surface area contributed by atoms with E-state index >= 15 is 4.39 Å². The summed E-state index contributed by atoms with van der Waals surface area (Å²) in [6, 6.07) is 0.0688. The molecule has 12 heteroatoms. The number of phenolic OH excluding ortho intramolecular Hbond substituents is 1. The highest BCUT2D eigenvalue weighted by molar-refractivity contribution is 6.24. The fourth-order valence-corrected chi connectivity index (χ4v) is 7.04. The van der Waals surface area contributed by atoms with Gasteiger partial charge in [-0.2, -0.15) is 0 Å². The van der Waals surface area contributed by atoms with Gasteiger partial charge in [-0.15, -0.1) is 0 Å². The van der Waals surface area contributed by atoms with Crippen LogP contribution in [0.1, 0.15) is 40.7 Å². The first kappa shape index (κ1) is 28.2. The zero-order valence-corrected chi connectivity index (χ0v) is 22.4. The fourth-order valence-electron chi connectivity index (χ4n) is 7.04. The van der Waals surface area contributed by atoms with Gasteiger partial charge in [0.05, 0.1) is 11.6 Å². The summed E-state index contributed by atoms with van der Waals surface area (Å²) in [7, 11) is 3.08. The van der Waals surface area contributed by atoms with E-state index in [1.807, 2.05) is 4.90 Å². The first-order valence-electron chi connectivity index (χ1n) is 13.3. The van der Waals surface area contributed by atoms with Crippen LogP contribution in [0.2, 0.25) is 0 Å². The van der Waals surface area contributed by atoms with Crippen molar-refractivity contribution >= 4 is 17.5 Å². The largest absolute Gasteiger partial charge is 0.510 e. The molecule has 1 amide bonds. The maximum atomic E-state index is 15.9. The van der Waals surface area contributed by atoms with E-state index in [2.05, 4.69) is 0 Å². The number of nitrogens with zero attached hydrogens (tertiary/aromatic N) is 2. The number of Topliss-reactive ketones (excluding diaryl/α,β-unsaturated/α-hetero) is 2. The molecule has 1 aromatic rings. The lowest BCUT2D eigenvalue weighted by Crippen LogP contribution is -2.63. The summed E-state index contributed by atoms with van der Waals surface area (Å²) in [5, 5.41) is 54.0. The number of benzene rings is 1. The molecule has 7 N–H and O–H groups in total. The van der Waals surface area contributed by atoms with Gasteiger partial charge in [-0.05, 0) is 70.8 Å². The third-order valence-electron chi connectivity index (χ3n) is 9.09. The van der Waals surface area contributed by atoms with Gasteiger partial charge in [-0.1, -0.05) is 0 Å². The number of likely N-dealkylation sites (N-methyl/N-ethyl adjacent to an activating group) is 1. The van der Waals surface area contributed by atoms with E-state index in [0.717, 1.165) is 12.8 Å². The number of ketones is 2. The van der Waals surface area contributed by atoms with Crippen molar-refractivity contribution in [3.05, 3.63) is 51.2 Å². The van der Waals surface area contributed by atoms with Crippen LogP contribution < -0.4 is 5.73 Å². The number of amides is 1. The van der Waals surface area contributed by atoms with Crippen molar-refractivity contribution in [2.75, 3.05) is 33.8 Å². The standard InChI is InChI=1S/C28H34FN3O8/c1-31(2)22-16-8-13-7-15-19(17(34)9-14(21(15)29)10-32-5-3-12(11-33)4-6-32)23(35)18(13)25(37)28(16,40)26(38)20(24(22)36)27(30)39/h9,12-13,16,22,33-34,36-37,40H,3-8,10-11H2,1-2H3,(H2,30,39)/t13-,16-,22-,28-/m0/s1. The average molecular weight is 560 g/mol. The van der Waals surface area contributed by atoms with Crippen LogP contribution >= 0.6 is 0 Å². The Labute approximate surface area is 230 Å². The molecule has 0 unspecified atom stereocenters. The first-order valence-corrected chi connectivity index (χ1v) is 13.3. The minimum absolute atomic E-state index is 0.0154. The number of piperidine rings is 1. The van der Waals surface area contributed by atoms with Crippen LogP contribution in [0.5, 0.6) is 5.75 Å². The van der Waals surface area contributed by atoms with Gasteiger partial charge in [0.2, 0.25) is 5.78 Å². The molecule has 0 aromatic heterocycles. The number of fused-ring (bicyclic) bond motifs is 3. The number of hydrogen-bond acceptors (Lipinski definition) is 10. The summed E-state index contributed by atoms with van der Waals surface area (Å²) in [5.74, 6) is -8.12. The average Bonchev–Trinajstić information content (AvgIpc) is 2.89. The summed E-state index contributed by atoms with van der Waals surface area (Å²) in [4.78, 5) is 42.5. The molecule has 1 saturated heterocycles.